The zero-order valence-electron chi connectivity index (χ0n) is 19.8. The fourth-order valence-corrected chi connectivity index (χ4v) is 4.75. The number of fused-ring (bicyclic) bond motifs is 2. The van der Waals surface area contributed by atoms with Gasteiger partial charge in [-0.2, -0.15) is 19.8 Å². The molecule has 1 atom stereocenters. The van der Waals surface area contributed by atoms with Crippen molar-refractivity contribution < 1.29 is 19.2 Å². The fraction of sp³-hybridized carbons (Fsp3) is 0.222. The van der Waals surface area contributed by atoms with Gasteiger partial charge >= 0.3 is 6.01 Å². The molecule has 2 aromatic carbocycles. The van der Waals surface area contributed by atoms with E-state index in [1.807, 2.05) is 47.3 Å². The Morgan fingerprint density at radius 2 is 2.11 bits per heavy atom. The number of aromatic nitrogens is 3. The highest BCUT2D eigenvalue weighted by atomic mass is 16.5. The van der Waals surface area contributed by atoms with Crippen molar-refractivity contribution in [3.8, 4) is 23.5 Å². The molecule has 36 heavy (non-hydrogen) atoms. The van der Waals surface area contributed by atoms with Gasteiger partial charge in [-0.25, -0.2) is 0 Å². The SMILES string of the molecule is C=CC(=O)N1CCN(c2nc(OC)nc3c[n+](-c4cc(O)cc5ccccc45)ccc23)C[C@@H]1CC#N. The number of aromatic hydroxyl groups is 1. The quantitative estimate of drug-likeness (QED) is 0.345. The van der Waals surface area contributed by atoms with Crippen LogP contribution in [0.5, 0.6) is 11.8 Å². The predicted octanol–water partition coefficient (Wildman–Crippen LogP) is 2.89. The Hall–Kier alpha value is -4.71. The van der Waals surface area contributed by atoms with E-state index in [4.69, 9.17) is 4.74 Å². The zero-order valence-corrected chi connectivity index (χ0v) is 19.8. The summed E-state index contributed by atoms with van der Waals surface area (Å²) in [6.45, 7) is 5.03. The fourth-order valence-electron chi connectivity index (χ4n) is 4.75. The van der Waals surface area contributed by atoms with Crippen LogP contribution in [0.15, 0.2) is 67.5 Å². The molecule has 4 aromatic rings. The number of methoxy groups -OCH3 is 1. The summed E-state index contributed by atoms with van der Waals surface area (Å²) in [5, 5.41) is 22.4. The molecule has 1 aliphatic heterocycles. The number of carbonyl (C=O) groups is 1. The molecule has 9 nitrogen and oxygen atoms in total. The Morgan fingerprint density at radius 3 is 2.89 bits per heavy atom. The number of ether oxygens (including phenoxy) is 1. The molecule has 0 spiro atoms. The topological polar surface area (TPSA) is 106 Å². The maximum atomic E-state index is 12.3. The van der Waals surface area contributed by atoms with Gasteiger partial charge in [-0.3, -0.25) is 4.79 Å². The summed E-state index contributed by atoms with van der Waals surface area (Å²) in [5.41, 5.74) is 1.48. The molecule has 1 fully saturated rings. The largest absolute Gasteiger partial charge is 0.508 e. The molecule has 180 valence electrons. The summed E-state index contributed by atoms with van der Waals surface area (Å²) in [5.74, 6) is 0.672. The minimum absolute atomic E-state index is 0.174. The van der Waals surface area contributed by atoms with Gasteiger partial charge in [0.1, 0.15) is 17.1 Å². The van der Waals surface area contributed by atoms with Crippen LogP contribution < -0.4 is 14.2 Å². The minimum atomic E-state index is -0.280. The highest BCUT2D eigenvalue weighted by Crippen LogP contribution is 2.29. The first-order chi connectivity index (χ1) is 17.5. The first kappa shape index (κ1) is 23.1. The van der Waals surface area contributed by atoms with Gasteiger partial charge in [0.15, 0.2) is 6.20 Å². The molecule has 2 aromatic heterocycles. The van der Waals surface area contributed by atoms with Gasteiger partial charge in [0.2, 0.25) is 17.8 Å². The number of pyridine rings is 1. The normalized spacial score (nSPS) is 15.6. The second-order valence-electron chi connectivity index (χ2n) is 8.57. The molecule has 0 unspecified atom stereocenters. The number of phenols is 1. The number of piperazine rings is 1. The summed E-state index contributed by atoms with van der Waals surface area (Å²) in [6, 6.07) is 15.4. The number of nitrogens with zero attached hydrogens (tertiary/aromatic N) is 6. The van der Waals surface area contributed by atoms with Crippen LogP contribution in [0.3, 0.4) is 0 Å². The average molecular weight is 482 g/mol. The van der Waals surface area contributed by atoms with Crippen LogP contribution in [-0.4, -0.2) is 58.7 Å². The van der Waals surface area contributed by atoms with Crippen LogP contribution in [0.25, 0.3) is 27.4 Å². The van der Waals surface area contributed by atoms with Crippen molar-refractivity contribution in [1.82, 2.24) is 14.9 Å². The van der Waals surface area contributed by atoms with Crippen LogP contribution >= 0.6 is 0 Å². The van der Waals surface area contributed by atoms with Gasteiger partial charge in [-0.15, -0.1) is 0 Å². The van der Waals surface area contributed by atoms with Crippen molar-refractivity contribution in [2.45, 2.75) is 12.5 Å². The van der Waals surface area contributed by atoms with E-state index in [0.29, 0.717) is 31.0 Å². The van der Waals surface area contributed by atoms with Gasteiger partial charge in [0.25, 0.3) is 0 Å². The van der Waals surface area contributed by atoms with E-state index in [-0.39, 0.29) is 30.1 Å². The van der Waals surface area contributed by atoms with Crippen molar-refractivity contribution in [2.75, 3.05) is 31.6 Å². The molecule has 0 aliphatic carbocycles. The van der Waals surface area contributed by atoms with Crippen molar-refractivity contribution >= 4 is 33.4 Å². The molecule has 3 heterocycles. The second-order valence-corrected chi connectivity index (χ2v) is 8.57. The summed E-state index contributed by atoms with van der Waals surface area (Å²) >= 11 is 0. The van der Waals surface area contributed by atoms with E-state index in [2.05, 4.69) is 27.5 Å². The van der Waals surface area contributed by atoms with Crippen LogP contribution in [0.4, 0.5) is 5.82 Å². The summed E-state index contributed by atoms with van der Waals surface area (Å²) in [6.07, 6.45) is 5.29. The van der Waals surface area contributed by atoms with Crippen LogP contribution in [0, 0.1) is 11.3 Å². The van der Waals surface area contributed by atoms with Crippen molar-refractivity contribution in [3.05, 3.63) is 67.5 Å². The minimum Gasteiger partial charge on any atom is -0.508 e. The smallest absolute Gasteiger partial charge is 0.318 e. The Morgan fingerprint density at radius 1 is 1.28 bits per heavy atom. The van der Waals surface area contributed by atoms with Crippen molar-refractivity contribution in [1.29, 1.82) is 5.26 Å². The molecule has 1 saturated heterocycles. The molecule has 5 rings (SSSR count). The number of hydrogen-bond donors (Lipinski definition) is 1. The predicted molar refractivity (Wildman–Crippen MR) is 135 cm³/mol. The lowest BCUT2D eigenvalue weighted by atomic mass is 10.1. The van der Waals surface area contributed by atoms with E-state index >= 15 is 0 Å². The maximum absolute atomic E-state index is 12.3. The Balaban J connectivity index is 1.59. The summed E-state index contributed by atoms with van der Waals surface area (Å²) in [4.78, 5) is 25.3. The lowest BCUT2D eigenvalue weighted by molar-refractivity contribution is -0.592. The average Bonchev–Trinajstić information content (AvgIpc) is 2.91. The Bertz CT molecular complexity index is 1530. The monoisotopic (exact) mass is 481 g/mol. The number of benzene rings is 2. The number of nitriles is 1. The van der Waals surface area contributed by atoms with E-state index in [1.54, 1.807) is 17.0 Å². The molecule has 9 heteroatoms. The molecular formula is C27H25N6O3+. The molecule has 0 saturated carbocycles. The van der Waals surface area contributed by atoms with Crippen LogP contribution in [-0.2, 0) is 4.79 Å². The number of hydrogen-bond acceptors (Lipinski definition) is 7. The van der Waals surface area contributed by atoms with E-state index < -0.39 is 0 Å². The molecule has 1 aliphatic rings. The van der Waals surface area contributed by atoms with Crippen LogP contribution in [0.2, 0.25) is 0 Å². The van der Waals surface area contributed by atoms with Gasteiger partial charge in [0, 0.05) is 25.7 Å². The van der Waals surface area contributed by atoms with Gasteiger partial charge in [0.05, 0.1) is 42.5 Å². The lowest BCUT2D eigenvalue weighted by Crippen LogP contribution is -2.55. The third-order valence-corrected chi connectivity index (χ3v) is 6.45. The lowest BCUT2D eigenvalue weighted by Gasteiger charge is -2.41. The molecular weight excluding hydrogens is 456 g/mol. The van der Waals surface area contributed by atoms with E-state index in [0.717, 1.165) is 21.8 Å². The van der Waals surface area contributed by atoms with E-state index in [1.165, 1.54) is 13.2 Å². The number of phenolic OH excluding ortho intramolecular Hbond substituents is 1. The maximum Gasteiger partial charge on any atom is 0.318 e. The molecule has 0 radical (unpaired) electrons. The summed E-state index contributed by atoms with van der Waals surface area (Å²) in [7, 11) is 1.52. The first-order valence-corrected chi connectivity index (χ1v) is 11.6. The number of amides is 1. The standard InChI is InChI=1S/C27H24N6O3/c1-3-25(35)33-13-12-32(16-19(33)8-10-28)26-22-9-11-31(17-23(22)29-27(30-26)36-2)24-15-20(34)14-18-6-4-5-7-21(18)24/h3-7,9,11,14-15,17,19H,1,8,12-13,16H2,2H3/p+1/t19-/m0/s1. The van der Waals surface area contributed by atoms with Crippen molar-refractivity contribution in [2.24, 2.45) is 0 Å². The Labute approximate surface area is 208 Å². The molecule has 1 amide bonds. The van der Waals surface area contributed by atoms with Crippen molar-refractivity contribution in [3.63, 3.8) is 0 Å². The molecule has 1 N–H and O–H groups in total. The van der Waals surface area contributed by atoms with Gasteiger partial charge in [-0.05, 0) is 23.6 Å². The summed E-state index contributed by atoms with van der Waals surface area (Å²) < 4.78 is 7.33. The zero-order chi connectivity index (χ0) is 25.2. The van der Waals surface area contributed by atoms with Gasteiger partial charge in [-0.1, -0.05) is 24.8 Å². The second kappa shape index (κ2) is 9.50. The van der Waals surface area contributed by atoms with Gasteiger partial charge < -0.3 is 19.6 Å². The van der Waals surface area contributed by atoms with Crippen LogP contribution in [0.1, 0.15) is 6.42 Å². The number of rotatable bonds is 5. The number of carbonyl (C=O) groups excluding carboxylic acids is 1. The molecule has 0 bridgehead atoms. The Kier molecular flexibility index (Phi) is 6.09. The highest BCUT2D eigenvalue weighted by Gasteiger charge is 2.31. The third kappa shape index (κ3) is 4.14. The van der Waals surface area contributed by atoms with E-state index in [9.17, 15) is 15.2 Å². The first-order valence-electron chi connectivity index (χ1n) is 11.6. The number of anilines is 1. The highest BCUT2D eigenvalue weighted by molar-refractivity contribution is 5.91. The third-order valence-electron chi connectivity index (χ3n) is 6.45.